The fourth-order valence-electron chi connectivity index (χ4n) is 1.57. The molecular formula is C11H9ClFNO6S. The summed E-state index contributed by atoms with van der Waals surface area (Å²) in [7, 11) is 0.433. The van der Waals surface area contributed by atoms with E-state index in [0.717, 1.165) is 12.8 Å². The summed E-state index contributed by atoms with van der Waals surface area (Å²) < 4.78 is 41.1. The Labute approximate surface area is 123 Å². The predicted molar refractivity (Wildman–Crippen MR) is 69.1 cm³/mol. The minimum atomic E-state index is -4.58. The number of nitro benzene ring substituents is 1. The van der Waals surface area contributed by atoms with Gasteiger partial charge in [-0.25, -0.2) is 13.2 Å². The molecule has 0 unspecified atom stereocenters. The molecule has 0 saturated heterocycles. The standard InChI is InChI=1S/C11H9ClFNO6S/c12-21(18,19)9-4-7(3-8(10(9)13)14(16)17)11(15)20-5-6-1-2-6/h3-4,6H,1-2,5H2. The monoisotopic (exact) mass is 337 g/mol. The highest BCUT2D eigenvalue weighted by Crippen LogP contribution is 2.31. The SMILES string of the molecule is O=C(OCC1CC1)c1cc([N+](=O)[O-])c(F)c(S(=O)(=O)Cl)c1. The molecule has 10 heteroatoms. The van der Waals surface area contributed by atoms with E-state index in [-0.39, 0.29) is 12.5 Å². The number of carbonyl (C=O) groups excluding carboxylic acids is 1. The highest BCUT2D eigenvalue weighted by atomic mass is 35.7. The van der Waals surface area contributed by atoms with Gasteiger partial charge in [-0.3, -0.25) is 10.1 Å². The molecule has 21 heavy (non-hydrogen) atoms. The molecule has 7 nitrogen and oxygen atoms in total. The lowest BCUT2D eigenvalue weighted by atomic mass is 10.2. The maximum atomic E-state index is 13.7. The van der Waals surface area contributed by atoms with E-state index >= 15 is 0 Å². The number of hydrogen-bond donors (Lipinski definition) is 0. The van der Waals surface area contributed by atoms with Gasteiger partial charge < -0.3 is 4.74 Å². The number of nitrogens with zero attached hydrogens (tertiary/aromatic N) is 1. The van der Waals surface area contributed by atoms with Gasteiger partial charge in [0.2, 0.25) is 5.82 Å². The lowest BCUT2D eigenvalue weighted by Crippen LogP contribution is -2.10. The highest BCUT2D eigenvalue weighted by Gasteiger charge is 2.29. The van der Waals surface area contributed by atoms with Crippen molar-refractivity contribution in [3.63, 3.8) is 0 Å². The zero-order valence-electron chi connectivity index (χ0n) is 10.4. The normalized spacial score (nSPS) is 14.8. The smallest absolute Gasteiger partial charge is 0.338 e. The van der Waals surface area contributed by atoms with Crippen molar-refractivity contribution >= 4 is 31.4 Å². The Morgan fingerprint density at radius 3 is 2.57 bits per heavy atom. The first-order chi connectivity index (χ1) is 9.70. The minimum Gasteiger partial charge on any atom is -0.462 e. The second kappa shape index (κ2) is 5.57. The van der Waals surface area contributed by atoms with E-state index in [2.05, 4.69) is 0 Å². The van der Waals surface area contributed by atoms with E-state index in [4.69, 9.17) is 15.4 Å². The second-order valence-electron chi connectivity index (χ2n) is 4.54. The Morgan fingerprint density at radius 2 is 2.10 bits per heavy atom. The lowest BCUT2D eigenvalue weighted by molar-refractivity contribution is -0.387. The van der Waals surface area contributed by atoms with Crippen molar-refractivity contribution in [3.05, 3.63) is 33.6 Å². The van der Waals surface area contributed by atoms with Crippen molar-refractivity contribution in [2.24, 2.45) is 5.92 Å². The van der Waals surface area contributed by atoms with Crippen LogP contribution in [0, 0.1) is 21.8 Å². The molecule has 0 heterocycles. The van der Waals surface area contributed by atoms with E-state index in [1.165, 1.54) is 0 Å². The van der Waals surface area contributed by atoms with Gasteiger partial charge in [-0.2, -0.15) is 4.39 Å². The van der Waals surface area contributed by atoms with Crippen molar-refractivity contribution in [1.82, 2.24) is 0 Å². The summed E-state index contributed by atoms with van der Waals surface area (Å²) in [5.74, 6) is -2.33. The summed E-state index contributed by atoms with van der Waals surface area (Å²) in [6.45, 7) is 0.132. The zero-order valence-corrected chi connectivity index (χ0v) is 12.0. The molecule has 1 aliphatic rings. The Balaban J connectivity index is 2.43. The molecule has 114 valence electrons. The largest absolute Gasteiger partial charge is 0.462 e. The Morgan fingerprint density at radius 1 is 1.48 bits per heavy atom. The van der Waals surface area contributed by atoms with Crippen LogP contribution in [0.4, 0.5) is 10.1 Å². The van der Waals surface area contributed by atoms with Crippen LogP contribution in [-0.2, 0) is 13.8 Å². The lowest BCUT2D eigenvalue weighted by Gasteiger charge is -2.06. The number of rotatable bonds is 5. The summed E-state index contributed by atoms with van der Waals surface area (Å²) in [6.07, 6.45) is 1.83. The Bertz CT molecular complexity index is 716. The number of nitro groups is 1. The van der Waals surface area contributed by atoms with Crippen LogP contribution < -0.4 is 0 Å². The van der Waals surface area contributed by atoms with Gasteiger partial charge in [0.05, 0.1) is 17.1 Å². The topological polar surface area (TPSA) is 104 Å². The van der Waals surface area contributed by atoms with Crippen LogP contribution in [0.2, 0.25) is 0 Å². The fourth-order valence-corrected chi connectivity index (χ4v) is 2.50. The van der Waals surface area contributed by atoms with Crippen LogP contribution in [0.25, 0.3) is 0 Å². The van der Waals surface area contributed by atoms with Gasteiger partial charge in [0.1, 0.15) is 4.90 Å². The first kappa shape index (κ1) is 15.6. The fraction of sp³-hybridized carbons (Fsp3) is 0.364. The Kier molecular flexibility index (Phi) is 4.15. The van der Waals surface area contributed by atoms with Gasteiger partial charge in [0.15, 0.2) is 0 Å². The molecule has 0 radical (unpaired) electrons. The molecule has 0 N–H and O–H groups in total. The van der Waals surface area contributed by atoms with Crippen molar-refractivity contribution in [2.45, 2.75) is 17.7 Å². The van der Waals surface area contributed by atoms with Crippen molar-refractivity contribution in [3.8, 4) is 0 Å². The molecule has 0 aliphatic heterocycles. The van der Waals surface area contributed by atoms with E-state index < -0.39 is 41.9 Å². The summed E-state index contributed by atoms with van der Waals surface area (Å²) in [5.41, 5.74) is -1.60. The first-order valence-electron chi connectivity index (χ1n) is 5.80. The number of carbonyl (C=O) groups is 1. The number of halogens is 2. The average molecular weight is 338 g/mol. The zero-order chi connectivity index (χ0) is 15.8. The third kappa shape index (κ3) is 3.67. The maximum Gasteiger partial charge on any atom is 0.338 e. The maximum absolute atomic E-state index is 13.7. The molecule has 1 saturated carbocycles. The molecule has 1 aromatic rings. The number of hydrogen-bond acceptors (Lipinski definition) is 6. The molecule has 0 atom stereocenters. The molecule has 0 bridgehead atoms. The van der Waals surface area contributed by atoms with Crippen molar-refractivity contribution in [2.75, 3.05) is 6.61 Å². The van der Waals surface area contributed by atoms with Crippen LogP contribution in [0.5, 0.6) is 0 Å². The van der Waals surface area contributed by atoms with Gasteiger partial charge >= 0.3 is 11.7 Å². The molecule has 2 rings (SSSR count). The highest BCUT2D eigenvalue weighted by molar-refractivity contribution is 8.13. The van der Waals surface area contributed by atoms with E-state index in [0.29, 0.717) is 12.1 Å². The first-order valence-corrected chi connectivity index (χ1v) is 8.11. The third-order valence-electron chi connectivity index (χ3n) is 2.86. The van der Waals surface area contributed by atoms with Gasteiger partial charge in [0.25, 0.3) is 9.05 Å². The molecule has 1 fully saturated rings. The number of ether oxygens (including phenoxy) is 1. The second-order valence-corrected chi connectivity index (χ2v) is 7.08. The molecule has 1 aromatic carbocycles. The van der Waals surface area contributed by atoms with Crippen molar-refractivity contribution in [1.29, 1.82) is 0 Å². The van der Waals surface area contributed by atoms with E-state index in [1.54, 1.807) is 0 Å². The van der Waals surface area contributed by atoms with Gasteiger partial charge in [-0.15, -0.1) is 0 Å². The van der Waals surface area contributed by atoms with Crippen LogP contribution in [0.15, 0.2) is 17.0 Å². The van der Waals surface area contributed by atoms with Crippen molar-refractivity contribution < 1.29 is 27.3 Å². The summed E-state index contributed by atoms with van der Waals surface area (Å²) in [4.78, 5) is 20.2. The van der Waals surface area contributed by atoms with E-state index in [9.17, 15) is 27.7 Å². The van der Waals surface area contributed by atoms with Gasteiger partial charge in [0, 0.05) is 16.7 Å². The summed E-state index contributed by atoms with van der Waals surface area (Å²) in [6, 6.07) is 1.25. The molecule has 0 amide bonds. The van der Waals surface area contributed by atoms with E-state index in [1.807, 2.05) is 0 Å². The summed E-state index contributed by atoms with van der Waals surface area (Å²) >= 11 is 0. The van der Waals surface area contributed by atoms with Crippen LogP contribution >= 0.6 is 10.7 Å². The third-order valence-corrected chi connectivity index (χ3v) is 4.18. The quantitative estimate of drug-likeness (QED) is 0.353. The number of esters is 1. The van der Waals surface area contributed by atoms with Crippen LogP contribution in [0.3, 0.4) is 0 Å². The molecule has 0 aromatic heterocycles. The van der Waals surface area contributed by atoms with Crippen LogP contribution in [0.1, 0.15) is 23.2 Å². The molecule has 1 aliphatic carbocycles. The Hall–Kier alpha value is -1.74. The summed E-state index contributed by atoms with van der Waals surface area (Å²) in [5, 5.41) is 10.7. The van der Waals surface area contributed by atoms with Gasteiger partial charge in [-0.1, -0.05) is 0 Å². The average Bonchev–Trinajstić information content (AvgIpc) is 3.18. The number of benzene rings is 1. The predicted octanol–water partition coefficient (Wildman–Crippen LogP) is 2.23. The minimum absolute atomic E-state index is 0.132. The molecular weight excluding hydrogens is 329 g/mol. The van der Waals surface area contributed by atoms with Crippen LogP contribution in [-0.4, -0.2) is 25.9 Å². The molecule has 0 spiro atoms. The van der Waals surface area contributed by atoms with Gasteiger partial charge in [-0.05, 0) is 24.8 Å².